The summed E-state index contributed by atoms with van der Waals surface area (Å²) in [5, 5.41) is 4.19. The van der Waals surface area contributed by atoms with Gasteiger partial charge in [0.15, 0.2) is 11.5 Å². The fourth-order valence-electron chi connectivity index (χ4n) is 4.51. The minimum atomic E-state index is -4.72. The summed E-state index contributed by atoms with van der Waals surface area (Å²) < 4.78 is 47.0. The van der Waals surface area contributed by atoms with Gasteiger partial charge in [-0.2, -0.15) is 0 Å². The standard InChI is InChI=1S/C24H27F3N4O3/c25-24(26,27)33-21-8-5-17(6-9-21)18-7-10-22-23(15-18)34-29-30(13-14-32-22)16-19-11-12-31(28-19)20-3-1-2-4-20/h5-12,15,19-20,28-29H,1-4,13-14,16H2. The van der Waals surface area contributed by atoms with Gasteiger partial charge in [0.05, 0.1) is 12.6 Å². The van der Waals surface area contributed by atoms with Crippen molar-refractivity contribution in [3.05, 3.63) is 54.7 Å². The van der Waals surface area contributed by atoms with Crippen molar-refractivity contribution in [1.82, 2.24) is 21.0 Å². The molecule has 0 amide bonds. The molecule has 2 aromatic rings. The van der Waals surface area contributed by atoms with Crippen LogP contribution in [0.25, 0.3) is 11.1 Å². The maximum absolute atomic E-state index is 12.4. The van der Waals surface area contributed by atoms with Gasteiger partial charge in [0.2, 0.25) is 0 Å². The minimum absolute atomic E-state index is 0.166. The van der Waals surface area contributed by atoms with Gasteiger partial charge in [-0.05, 0) is 54.3 Å². The summed E-state index contributed by atoms with van der Waals surface area (Å²) in [7, 11) is 0. The Morgan fingerprint density at radius 3 is 2.53 bits per heavy atom. The number of halogens is 3. The summed E-state index contributed by atoms with van der Waals surface area (Å²) in [4.78, 5) is 5.84. The van der Waals surface area contributed by atoms with E-state index in [1.54, 1.807) is 24.3 Å². The van der Waals surface area contributed by atoms with Crippen molar-refractivity contribution in [3.63, 3.8) is 0 Å². The first-order chi connectivity index (χ1) is 16.4. The Balaban J connectivity index is 1.20. The van der Waals surface area contributed by atoms with Crippen LogP contribution in [0.1, 0.15) is 25.7 Å². The molecular weight excluding hydrogens is 449 g/mol. The highest BCUT2D eigenvalue weighted by molar-refractivity contribution is 5.67. The van der Waals surface area contributed by atoms with Crippen LogP contribution >= 0.6 is 0 Å². The van der Waals surface area contributed by atoms with E-state index >= 15 is 0 Å². The van der Waals surface area contributed by atoms with Gasteiger partial charge in [0.1, 0.15) is 12.4 Å². The van der Waals surface area contributed by atoms with Gasteiger partial charge in [-0.3, -0.25) is 0 Å². The largest absolute Gasteiger partial charge is 0.573 e. The smallest absolute Gasteiger partial charge is 0.488 e. The number of hydrazine groups is 2. The molecule has 182 valence electrons. The van der Waals surface area contributed by atoms with Crippen molar-refractivity contribution in [2.24, 2.45) is 0 Å². The lowest BCUT2D eigenvalue weighted by molar-refractivity contribution is -0.274. The molecule has 1 unspecified atom stereocenters. The Bertz CT molecular complexity index is 1010. The second-order valence-electron chi connectivity index (χ2n) is 8.64. The lowest BCUT2D eigenvalue weighted by Crippen LogP contribution is -2.51. The van der Waals surface area contributed by atoms with Crippen LogP contribution in [0.2, 0.25) is 0 Å². The Morgan fingerprint density at radius 1 is 1.00 bits per heavy atom. The van der Waals surface area contributed by atoms with E-state index in [0.717, 1.165) is 11.1 Å². The molecule has 1 atom stereocenters. The number of alkyl halides is 3. The lowest BCUT2D eigenvalue weighted by atomic mass is 10.1. The number of ether oxygens (including phenoxy) is 2. The van der Waals surface area contributed by atoms with Crippen LogP contribution in [0, 0.1) is 0 Å². The molecule has 2 aromatic carbocycles. The molecule has 0 saturated heterocycles. The van der Waals surface area contributed by atoms with Crippen LogP contribution in [0.3, 0.4) is 0 Å². The fourth-order valence-corrected chi connectivity index (χ4v) is 4.51. The Labute approximate surface area is 196 Å². The number of hydrogen-bond acceptors (Lipinski definition) is 7. The molecule has 5 rings (SSSR count). The topological polar surface area (TPSA) is 58.2 Å². The molecule has 0 aromatic heterocycles. The van der Waals surface area contributed by atoms with E-state index in [0.29, 0.717) is 37.2 Å². The third-order valence-corrected chi connectivity index (χ3v) is 6.20. The van der Waals surface area contributed by atoms with Crippen LogP contribution in [0.5, 0.6) is 17.2 Å². The molecule has 2 N–H and O–H groups in total. The maximum Gasteiger partial charge on any atom is 0.573 e. The third kappa shape index (κ3) is 5.57. The molecule has 7 nitrogen and oxygen atoms in total. The molecular formula is C24H27F3N4O3. The Hall–Kier alpha value is -2.95. The van der Waals surface area contributed by atoms with Crippen molar-refractivity contribution >= 4 is 0 Å². The molecule has 2 heterocycles. The van der Waals surface area contributed by atoms with Crippen LogP contribution in [0.4, 0.5) is 13.2 Å². The lowest BCUT2D eigenvalue weighted by Gasteiger charge is -2.30. The molecule has 10 heteroatoms. The minimum Gasteiger partial charge on any atom is -0.488 e. The van der Waals surface area contributed by atoms with Gasteiger partial charge < -0.3 is 19.3 Å². The van der Waals surface area contributed by atoms with Crippen LogP contribution in [-0.4, -0.2) is 48.2 Å². The van der Waals surface area contributed by atoms with Crippen LogP contribution in [-0.2, 0) is 0 Å². The molecule has 34 heavy (non-hydrogen) atoms. The SMILES string of the molecule is FC(F)(F)Oc1ccc(-c2ccc3c(c2)ONN(CC2C=CN(C4CCCC4)N2)CCO3)cc1. The molecule has 3 aliphatic rings. The molecule has 1 aliphatic carbocycles. The number of nitrogens with zero attached hydrogens (tertiary/aromatic N) is 2. The van der Waals surface area contributed by atoms with E-state index < -0.39 is 6.36 Å². The highest BCUT2D eigenvalue weighted by Gasteiger charge is 2.31. The van der Waals surface area contributed by atoms with E-state index in [4.69, 9.17) is 9.57 Å². The number of hydrogen-bond donors (Lipinski definition) is 2. The van der Waals surface area contributed by atoms with Crippen molar-refractivity contribution in [1.29, 1.82) is 0 Å². The van der Waals surface area contributed by atoms with Gasteiger partial charge in [0.25, 0.3) is 0 Å². The average molecular weight is 476 g/mol. The molecule has 0 radical (unpaired) electrons. The van der Waals surface area contributed by atoms with Crippen LogP contribution < -0.4 is 25.3 Å². The zero-order valence-electron chi connectivity index (χ0n) is 18.6. The maximum atomic E-state index is 12.4. The second kappa shape index (κ2) is 9.73. The summed E-state index contributed by atoms with van der Waals surface area (Å²) in [5.41, 5.74) is 8.08. The first-order valence-electron chi connectivity index (χ1n) is 11.5. The quantitative estimate of drug-likeness (QED) is 0.664. The predicted octanol–water partition coefficient (Wildman–Crippen LogP) is 4.39. The van der Waals surface area contributed by atoms with Gasteiger partial charge in [-0.1, -0.05) is 36.6 Å². The van der Waals surface area contributed by atoms with E-state index in [1.807, 2.05) is 11.1 Å². The van der Waals surface area contributed by atoms with Crippen LogP contribution in [0.15, 0.2) is 54.7 Å². The molecule has 1 saturated carbocycles. The molecule has 0 spiro atoms. The zero-order chi connectivity index (χ0) is 23.5. The van der Waals surface area contributed by atoms with E-state index in [9.17, 15) is 13.2 Å². The number of nitrogens with one attached hydrogen (secondary N) is 2. The highest BCUT2D eigenvalue weighted by atomic mass is 19.4. The average Bonchev–Trinajstić information content (AvgIpc) is 3.48. The monoisotopic (exact) mass is 476 g/mol. The molecule has 1 fully saturated rings. The summed E-state index contributed by atoms with van der Waals surface area (Å²) in [5.74, 6) is 0.833. The van der Waals surface area contributed by atoms with Crippen molar-refractivity contribution < 1.29 is 27.5 Å². The Morgan fingerprint density at radius 2 is 1.76 bits per heavy atom. The van der Waals surface area contributed by atoms with Crippen molar-refractivity contribution in [2.75, 3.05) is 19.7 Å². The van der Waals surface area contributed by atoms with Gasteiger partial charge >= 0.3 is 6.36 Å². The van der Waals surface area contributed by atoms with Crippen molar-refractivity contribution in [2.45, 2.75) is 44.1 Å². The fraction of sp³-hybridized carbons (Fsp3) is 0.417. The first kappa shape index (κ1) is 22.8. The zero-order valence-corrected chi connectivity index (χ0v) is 18.6. The molecule has 0 bridgehead atoms. The summed E-state index contributed by atoms with van der Waals surface area (Å²) in [6, 6.07) is 11.9. The summed E-state index contributed by atoms with van der Waals surface area (Å²) >= 11 is 0. The van der Waals surface area contributed by atoms with Gasteiger partial charge in [0, 0.05) is 18.8 Å². The second-order valence-corrected chi connectivity index (χ2v) is 8.64. The van der Waals surface area contributed by atoms with E-state index in [1.165, 1.54) is 37.8 Å². The Kier molecular flexibility index (Phi) is 6.53. The summed E-state index contributed by atoms with van der Waals surface area (Å²) in [6.07, 6.45) is 4.60. The number of benzene rings is 2. The van der Waals surface area contributed by atoms with Crippen molar-refractivity contribution in [3.8, 4) is 28.4 Å². The first-order valence-corrected chi connectivity index (χ1v) is 11.5. The number of rotatable bonds is 5. The summed E-state index contributed by atoms with van der Waals surface area (Å²) in [6.45, 7) is 1.81. The molecule has 2 aliphatic heterocycles. The normalized spacial score (nSPS) is 21.5. The highest BCUT2D eigenvalue weighted by Crippen LogP contribution is 2.34. The van der Waals surface area contributed by atoms with Gasteiger partial charge in [-0.15, -0.1) is 13.2 Å². The third-order valence-electron chi connectivity index (χ3n) is 6.20. The predicted molar refractivity (Wildman–Crippen MR) is 120 cm³/mol. The van der Waals surface area contributed by atoms with E-state index in [-0.39, 0.29) is 11.8 Å². The van der Waals surface area contributed by atoms with Gasteiger partial charge in [-0.25, -0.2) is 10.4 Å². The number of fused-ring (bicyclic) bond motifs is 1. The van der Waals surface area contributed by atoms with E-state index in [2.05, 4.69) is 33.0 Å².